The van der Waals surface area contributed by atoms with Crippen LogP contribution in [0.3, 0.4) is 0 Å². The normalized spacial score (nSPS) is 12.8. The minimum atomic E-state index is -0.649. The summed E-state index contributed by atoms with van der Waals surface area (Å²) in [7, 11) is 0. The van der Waals surface area contributed by atoms with Crippen LogP contribution in [0.15, 0.2) is 51.7 Å². The molecule has 4 rings (SSSR count). The second-order valence-corrected chi connectivity index (χ2v) is 6.53. The number of carbonyl (C=O) groups is 1. The molecule has 6 nitrogen and oxygen atoms in total. The van der Waals surface area contributed by atoms with Gasteiger partial charge in [-0.3, -0.25) is 4.79 Å². The van der Waals surface area contributed by atoms with E-state index in [9.17, 15) is 9.59 Å². The smallest absolute Gasteiger partial charge is 0.347 e. The van der Waals surface area contributed by atoms with Gasteiger partial charge in [-0.05, 0) is 50.2 Å². The van der Waals surface area contributed by atoms with Crippen molar-refractivity contribution in [1.82, 2.24) is 0 Å². The number of benzene rings is 2. The van der Waals surface area contributed by atoms with Gasteiger partial charge in [0, 0.05) is 35.8 Å². The fourth-order valence-electron chi connectivity index (χ4n) is 3.38. The highest BCUT2D eigenvalue weighted by molar-refractivity contribution is 6.10. The maximum atomic E-state index is 12.9. The van der Waals surface area contributed by atoms with E-state index in [1.165, 1.54) is 0 Å². The van der Waals surface area contributed by atoms with Gasteiger partial charge in [0.1, 0.15) is 24.4 Å². The summed E-state index contributed by atoms with van der Waals surface area (Å²) < 4.78 is 16.5. The highest BCUT2D eigenvalue weighted by Crippen LogP contribution is 2.31. The van der Waals surface area contributed by atoms with E-state index < -0.39 is 11.4 Å². The third-order valence-corrected chi connectivity index (χ3v) is 4.90. The maximum Gasteiger partial charge on any atom is 0.347 e. The molecule has 0 unspecified atom stereocenters. The average Bonchev–Trinajstić information content (AvgIpc) is 2.73. The Morgan fingerprint density at radius 2 is 1.71 bits per heavy atom. The molecule has 3 aromatic rings. The van der Waals surface area contributed by atoms with E-state index in [1.54, 1.807) is 24.3 Å². The number of anilines is 1. The number of hydrogen-bond donors (Lipinski definition) is 0. The highest BCUT2D eigenvalue weighted by atomic mass is 16.6. The Morgan fingerprint density at radius 1 is 0.964 bits per heavy atom. The summed E-state index contributed by atoms with van der Waals surface area (Å²) in [5.74, 6) is 0.698. The van der Waals surface area contributed by atoms with Crippen LogP contribution in [0.4, 0.5) is 5.69 Å². The first-order valence-corrected chi connectivity index (χ1v) is 9.38. The van der Waals surface area contributed by atoms with Crippen LogP contribution in [0.25, 0.3) is 11.0 Å². The van der Waals surface area contributed by atoms with Gasteiger partial charge in [-0.15, -0.1) is 0 Å². The summed E-state index contributed by atoms with van der Waals surface area (Å²) >= 11 is 0. The fourth-order valence-corrected chi connectivity index (χ4v) is 3.38. The third-order valence-electron chi connectivity index (χ3n) is 4.90. The topological polar surface area (TPSA) is 69.0 Å². The second kappa shape index (κ2) is 7.38. The molecule has 2 heterocycles. The molecule has 1 aliphatic heterocycles. The highest BCUT2D eigenvalue weighted by Gasteiger charge is 2.20. The molecule has 0 saturated carbocycles. The molecular formula is C22H21NO5. The van der Waals surface area contributed by atoms with Crippen LogP contribution < -0.4 is 20.0 Å². The van der Waals surface area contributed by atoms with E-state index in [1.807, 2.05) is 18.2 Å². The van der Waals surface area contributed by atoms with E-state index in [0.29, 0.717) is 41.2 Å². The SMILES string of the molecule is CCN(CC)c1ccc2cc(C(=O)c3ccc4c(c3)OCCO4)c(=O)oc2c1. The number of fused-ring (bicyclic) bond motifs is 2. The minimum absolute atomic E-state index is 0.000216. The zero-order valence-electron chi connectivity index (χ0n) is 15.9. The van der Waals surface area contributed by atoms with Crippen molar-refractivity contribution in [3.05, 3.63) is 64.0 Å². The molecule has 0 amide bonds. The summed E-state index contributed by atoms with van der Waals surface area (Å²) in [6.45, 7) is 6.75. The number of carbonyl (C=O) groups excluding carboxylic acids is 1. The molecule has 144 valence electrons. The Kier molecular flexibility index (Phi) is 4.77. The molecule has 1 aliphatic rings. The lowest BCUT2D eigenvalue weighted by molar-refractivity contribution is 0.103. The van der Waals surface area contributed by atoms with Crippen molar-refractivity contribution in [1.29, 1.82) is 0 Å². The molecule has 0 radical (unpaired) electrons. The lowest BCUT2D eigenvalue weighted by Gasteiger charge is -2.21. The van der Waals surface area contributed by atoms with Gasteiger partial charge < -0.3 is 18.8 Å². The summed E-state index contributed by atoms with van der Waals surface area (Å²) in [4.78, 5) is 27.6. The molecular weight excluding hydrogens is 358 g/mol. The first-order valence-electron chi connectivity index (χ1n) is 9.38. The Hall–Kier alpha value is -3.28. The molecule has 0 bridgehead atoms. The van der Waals surface area contributed by atoms with Gasteiger partial charge >= 0.3 is 5.63 Å². The Morgan fingerprint density at radius 3 is 2.46 bits per heavy atom. The Balaban J connectivity index is 1.72. The number of nitrogens with zero attached hydrogens (tertiary/aromatic N) is 1. The predicted octanol–water partition coefficient (Wildman–Crippen LogP) is 3.64. The lowest BCUT2D eigenvalue weighted by atomic mass is 10.0. The van der Waals surface area contributed by atoms with E-state index in [0.717, 1.165) is 18.8 Å². The van der Waals surface area contributed by atoms with Crippen molar-refractivity contribution in [2.75, 3.05) is 31.2 Å². The summed E-state index contributed by atoms with van der Waals surface area (Å²) in [6, 6.07) is 12.2. The van der Waals surface area contributed by atoms with Crippen LogP contribution in [0.1, 0.15) is 29.8 Å². The van der Waals surface area contributed by atoms with Crippen molar-refractivity contribution in [2.24, 2.45) is 0 Å². The summed E-state index contributed by atoms with van der Waals surface area (Å²) in [6.07, 6.45) is 0. The molecule has 2 aromatic carbocycles. The standard InChI is InChI=1S/C22H21NO5/c1-3-23(4-2)16-7-5-14-11-17(22(25)28-19(14)13-16)21(24)15-6-8-18-20(12-15)27-10-9-26-18/h5-8,11-13H,3-4,9-10H2,1-2H3. The number of ether oxygens (including phenoxy) is 2. The van der Waals surface area contributed by atoms with Gasteiger partial charge in [-0.1, -0.05) is 0 Å². The van der Waals surface area contributed by atoms with Crippen LogP contribution in [0.5, 0.6) is 11.5 Å². The van der Waals surface area contributed by atoms with E-state index in [2.05, 4.69) is 18.7 Å². The van der Waals surface area contributed by atoms with Crippen LogP contribution in [-0.2, 0) is 0 Å². The molecule has 1 aromatic heterocycles. The second-order valence-electron chi connectivity index (χ2n) is 6.53. The van der Waals surface area contributed by atoms with Gasteiger partial charge in [-0.25, -0.2) is 4.79 Å². The molecule has 0 spiro atoms. The van der Waals surface area contributed by atoms with Gasteiger partial charge in [0.05, 0.1) is 0 Å². The molecule has 0 atom stereocenters. The zero-order valence-corrected chi connectivity index (χ0v) is 15.9. The molecule has 28 heavy (non-hydrogen) atoms. The van der Waals surface area contributed by atoms with Crippen molar-refractivity contribution in [3.8, 4) is 11.5 Å². The average molecular weight is 379 g/mol. The number of hydrogen-bond acceptors (Lipinski definition) is 6. The van der Waals surface area contributed by atoms with Gasteiger partial charge in [0.2, 0.25) is 5.78 Å². The van der Waals surface area contributed by atoms with Crippen molar-refractivity contribution in [3.63, 3.8) is 0 Å². The van der Waals surface area contributed by atoms with Crippen LogP contribution in [0, 0.1) is 0 Å². The summed E-state index contributed by atoms with van der Waals surface area (Å²) in [5, 5.41) is 0.705. The number of ketones is 1. The molecule has 0 fully saturated rings. The molecule has 0 aliphatic carbocycles. The zero-order chi connectivity index (χ0) is 19.7. The molecule has 0 N–H and O–H groups in total. The van der Waals surface area contributed by atoms with E-state index in [4.69, 9.17) is 13.9 Å². The predicted molar refractivity (Wildman–Crippen MR) is 107 cm³/mol. The van der Waals surface area contributed by atoms with Gasteiger partial charge in [0.15, 0.2) is 11.5 Å². The Labute approximate surface area is 162 Å². The van der Waals surface area contributed by atoms with E-state index >= 15 is 0 Å². The van der Waals surface area contributed by atoms with Crippen LogP contribution in [0.2, 0.25) is 0 Å². The molecule has 6 heteroatoms. The number of rotatable bonds is 5. The summed E-state index contributed by atoms with van der Waals surface area (Å²) in [5.41, 5.74) is 1.15. The van der Waals surface area contributed by atoms with Crippen molar-refractivity contribution < 1.29 is 18.7 Å². The lowest BCUT2D eigenvalue weighted by Crippen LogP contribution is -2.21. The first kappa shape index (κ1) is 18.1. The fraction of sp³-hybridized carbons (Fsp3) is 0.273. The van der Waals surface area contributed by atoms with Gasteiger partial charge in [-0.2, -0.15) is 0 Å². The van der Waals surface area contributed by atoms with Crippen molar-refractivity contribution in [2.45, 2.75) is 13.8 Å². The minimum Gasteiger partial charge on any atom is -0.486 e. The Bertz CT molecular complexity index is 1100. The quantitative estimate of drug-likeness (QED) is 0.498. The molecule has 0 saturated heterocycles. The largest absolute Gasteiger partial charge is 0.486 e. The maximum absolute atomic E-state index is 12.9. The van der Waals surface area contributed by atoms with Crippen LogP contribution in [-0.4, -0.2) is 32.1 Å². The first-order chi connectivity index (χ1) is 13.6. The van der Waals surface area contributed by atoms with E-state index in [-0.39, 0.29) is 5.56 Å². The van der Waals surface area contributed by atoms with Crippen LogP contribution >= 0.6 is 0 Å². The van der Waals surface area contributed by atoms with Crippen molar-refractivity contribution >= 4 is 22.4 Å². The monoisotopic (exact) mass is 379 g/mol. The van der Waals surface area contributed by atoms with Gasteiger partial charge in [0.25, 0.3) is 0 Å². The third kappa shape index (κ3) is 3.22.